The van der Waals surface area contributed by atoms with Crippen LogP contribution < -0.4 is 11.1 Å². The van der Waals surface area contributed by atoms with E-state index in [9.17, 15) is 4.79 Å². The number of nitrogens with one attached hydrogen (secondary N) is 1. The summed E-state index contributed by atoms with van der Waals surface area (Å²) in [5.74, 6) is 0.931. The molecule has 2 saturated carbocycles. The zero-order valence-electron chi connectivity index (χ0n) is 13.1. The van der Waals surface area contributed by atoms with E-state index < -0.39 is 0 Å². The minimum absolute atomic E-state index is 0.254. The average molecular weight is 280 g/mol. The maximum atomic E-state index is 12.0. The zero-order valence-corrected chi connectivity index (χ0v) is 13.1. The second-order valence-electron chi connectivity index (χ2n) is 7.17. The van der Waals surface area contributed by atoms with Gasteiger partial charge in [0.25, 0.3) is 0 Å². The monoisotopic (exact) mass is 280 g/mol. The molecule has 3 heteroatoms. The Balaban J connectivity index is 1.65. The van der Waals surface area contributed by atoms with Crippen LogP contribution in [-0.2, 0) is 4.79 Å². The normalized spacial score (nSPS) is 29.3. The zero-order chi connectivity index (χ0) is 14.4. The number of hydrogen-bond donors (Lipinski definition) is 2. The molecule has 0 aliphatic heterocycles. The summed E-state index contributed by atoms with van der Waals surface area (Å²) in [4.78, 5) is 12.0. The summed E-state index contributed by atoms with van der Waals surface area (Å²) >= 11 is 0. The fourth-order valence-electron chi connectivity index (χ4n) is 4.08. The van der Waals surface area contributed by atoms with E-state index in [1.54, 1.807) is 0 Å². The van der Waals surface area contributed by atoms with Crippen LogP contribution in [0.15, 0.2) is 0 Å². The first kappa shape index (κ1) is 15.8. The fraction of sp³-hybridized carbons (Fsp3) is 0.941. The van der Waals surface area contributed by atoms with Crippen LogP contribution in [0.25, 0.3) is 0 Å². The Bertz CT molecular complexity index is 310. The predicted octanol–water partition coefficient (Wildman–Crippen LogP) is 3.37. The lowest BCUT2D eigenvalue weighted by molar-refractivity contribution is -0.122. The van der Waals surface area contributed by atoms with Gasteiger partial charge < -0.3 is 11.1 Å². The molecule has 2 aliphatic carbocycles. The molecule has 0 bridgehead atoms. The maximum Gasteiger partial charge on any atom is 0.220 e. The molecule has 0 saturated heterocycles. The minimum atomic E-state index is 0.254. The molecular weight excluding hydrogens is 248 g/mol. The average Bonchev–Trinajstić information content (AvgIpc) is 2.92. The van der Waals surface area contributed by atoms with Crippen molar-refractivity contribution in [3.8, 4) is 0 Å². The van der Waals surface area contributed by atoms with E-state index in [0.29, 0.717) is 23.8 Å². The van der Waals surface area contributed by atoms with E-state index in [1.165, 1.54) is 51.4 Å². The van der Waals surface area contributed by atoms with Gasteiger partial charge in [-0.15, -0.1) is 0 Å². The predicted molar refractivity (Wildman–Crippen MR) is 83.4 cm³/mol. The standard InChI is InChI=1S/C17H32N2O/c1-2-17(10-3-4-11-17)13-19-16(20)9-8-14-6-5-7-15(18)12-14/h14-15H,2-13,18H2,1H3,(H,19,20). The molecule has 0 spiro atoms. The van der Waals surface area contributed by atoms with Crippen LogP contribution in [0.3, 0.4) is 0 Å². The SMILES string of the molecule is CCC1(CNC(=O)CCC2CCCC(N)C2)CCCC1. The highest BCUT2D eigenvalue weighted by molar-refractivity contribution is 5.75. The van der Waals surface area contributed by atoms with Crippen LogP contribution in [0.5, 0.6) is 0 Å². The van der Waals surface area contributed by atoms with Gasteiger partial charge >= 0.3 is 0 Å². The lowest BCUT2D eigenvalue weighted by atomic mass is 9.82. The van der Waals surface area contributed by atoms with Crippen molar-refractivity contribution < 1.29 is 4.79 Å². The van der Waals surface area contributed by atoms with Crippen LogP contribution >= 0.6 is 0 Å². The molecule has 0 aromatic heterocycles. The molecule has 2 atom stereocenters. The van der Waals surface area contributed by atoms with E-state index in [-0.39, 0.29) is 5.91 Å². The Morgan fingerprint density at radius 2 is 2.00 bits per heavy atom. The van der Waals surface area contributed by atoms with Gasteiger partial charge in [-0.05, 0) is 49.9 Å². The van der Waals surface area contributed by atoms with E-state index in [4.69, 9.17) is 5.73 Å². The van der Waals surface area contributed by atoms with Crippen LogP contribution in [-0.4, -0.2) is 18.5 Å². The number of amides is 1. The van der Waals surface area contributed by atoms with Gasteiger partial charge in [-0.3, -0.25) is 4.79 Å². The van der Waals surface area contributed by atoms with Crippen LogP contribution in [0.4, 0.5) is 0 Å². The van der Waals surface area contributed by atoms with Gasteiger partial charge in [-0.25, -0.2) is 0 Å². The quantitative estimate of drug-likeness (QED) is 0.783. The smallest absolute Gasteiger partial charge is 0.220 e. The number of hydrogen-bond acceptors (Lipinski definition) is 2. The largest absolute Gasteiger partial charge is 0.356 e. The molecule has 2 fully saturated rings. The molecule has 0 aromatic rings. The second kappa shape index (κ2) is 7.44. The van der Waals surface area contributed by atoms with E-state index in [1.807, 2.05) is 0 Å². The summed E-state index contributed by atoms with van der Waals surface area (Å²) < 4.78 is 0. The molecule has 0 aromatic carbocycles. The fourth-order valence-corrected chi connectivity index (χ4v) is 4.08. The topological polar surface area (TPSA) is 55.1 Å². The van der Waals surface area contributed by atoms with Crippen LogP contribution in [0, 0.1) is 11.3 Å². The van der Waals surface area contributed by atoms with E-state index >= 15 is 0 Å². The Kier molecular flexibility index (Phi) is 5.88. The molecule has 2 rings (SSSR count). The molecule has 2 unspecified atom stereocenters. The molecule has 1 amide bonds. The van der Waals surface area contributed by atoms with Gasteiger partial charge in [-0.1, -0.05) is 32.6 Å². The molecule has 116 valence electrons. The van der Waals surface area contributed by atoms with Crippen molar-refractivity contribution >= 4 is 5.91 Å². The summed E-state index contributed by atoms with van der Waals surface area (Å²) in [5.41, 5.74) is 6.41. The summed E-state index contributed by atoms with van der Waals surface area (Å²) in [6.07, 6.45) is 13.0. The van der Waals surface area contributed by atoms with Crippen molar-refractivity contribution in [3.05, 3.63) is 0 Å². The number of nitrogens with two attached hydrogens (primary N) is 1. The number of rotatable bonds is 6. The molecular formula is C17H32N2O. The summed E-state index contributed by atoms with van der Waals surface area (Å²) in [6.45, 7) is 3.16. The first-order valence-corrected chi connectivity index (χ1v) is 8.66. The number of carbonyl (C=O) groups is 1. The van der Waals surface area contributed by atoms with Crippen molar-refractivity contribution in [2.24, 2.45) is 17.1 Å². The highest BCUT2D eigenvalue weighted by Gasteiger charge is 2.32. The van der Waals surface area contributed by atoms with Crippen LogP contribution in [0.2, 0.25) is 0 Å². The van der Waals surface area contributed by atoms with Crippen molar-refractivity contribution in [2.75, 3.05) is 6.54 Å². The van der Waals surface area contributed by atoms with Crippen molar-refractivity contribution in [1.29, 1.82) is 0 Å². The molecule has 0 heterocycles. The third-order valence-corrected chi connectivity index (χ3v) is 5.68. The Hall–Kier alpha value is -0.570. The third-order valence-electron chi connectivity index (χ3n) is 5.68. The van der Waals surface area contributed by atoms with Crippen molar-refractivity contribution in [1.82, 2.24) is 5.32 Å². The Labute approximate surface area is 124 Å². The third kappa shape index (κ3) is 4.47. The van der Waals surface area contributed by atoms with E-state index in [0.717, 1.165) is 19.4 Å². The molecule has 3 nitrogen and oxygen atoms in total. The van der Waals surface area contributed by atoms with Gasteiger partial charge in [0.05, 0.1) is 0 Å². The Morgan fingerprint density at radius 3 is 2.65 bits per heavy atom. The molecule has 2 aliphatic rings. The van der Waals surface area contributed by atoms with Gasteiger partial charge in [0.15, 0.2) is 0 Å². The van der Waals surface area contributed by atoms with Gasteiger partial charge in [-0.2, -0.15) is 0 Å². The van der Waals surface area contributed by atoms with Crippen LogP contribution in [0.1, 0.15) is 77.6 Å². The lowest BCUT2D eigenvalue weighted by Crippen LogP contribution is -2.36. The lowest BCUT2D eigenvalue weighted by Gasteiger charge is -2.28. The molecule has 3 N–H and O–H groups in total. The van der Waals surface area contributed by atoms with Gasteiger partial charge in [0.2, 0.25) is 5.91 Å². The maximum absolute atomic E-state index is 12.0. The van der Waals surface area contributed by atoms with E-state index in [2.05, 4.69) is 12.2 Å². The second-order valence-corrected chi connectivity index (χ2v) is 7.17. The van der Waals surface area contributed by atoms with Crippen molar-refractivity contribution in [3.63, 3.8) is 0 Å². The molecule has 0 radical (unpaired) electrons. The summed E-state index contributed by atoms with van der Waals surface area (Å²) in [5, 5.41) is 3.20. The molecule has 20 heavy (non-hydrogen) atoms. The summed E-state index contributed by atoms with van der Waals surface area (Å²) in [7, 11) is 0. The first-order chi connectivity index (χ1) is 9.63. The Morgan fingerprint density at radius 1 is 1.25 bits per heavy atom. The highest BCUT2D eigenvalue weighted by Crippen LogP contribution is 2.40. The first-order valence-electron chi connectivity index (χ1n) is 8.66. The highest BCUT2D eigenvalue weighted by atomic mass is 16.1. The summed E-state index contributed by atoms with van der Waals surface area (Å²) in [6, 6.07) is 0.374. The van der Waals surface area contributed by atoms with Crippen molar-refractivity contribution in [2.45, 2.75) is 83.6 Å². The van der Waals surface area contributed by atoms with Gasteiger partial charge in [0.1, 0.15) is 0 Å². The minimum Gasteiger partial charge on any atom is -0.356 e. The number of carbonyl (C=O) groups excluding carboxylic acids is 1. The van der Waals surface area contributed by atoms with Gasteiger partial charge in [0, 0.05) is 19.0 Å².